The van der Waals surface area contributed by atoms with Crippen molar-refractivity contribution in [1.29, 1.82) is 0 Å². The Bertz CT molecular complexity index is 3270. The Morgan fingerprint density at radius 3 is 1.93 bits per heavy atom. The van der Waals surface area contributed by atoms with E-state index in [0.29, 0.717) is 29.0 Å². The van der Waals surface area contributed by atoms with Crippen molar-refractivity contribution >= 4 is 53.4 Å². The van der Waals surface area contributed by atoms with Crippen LogP contribution in [-0.4, -0.2) is 24.9 Å². The van der Waals surface area contributed by atoms with E-state index in [1.165, 1.54) is 0 Å². The van der Waals surface area contributed by atoms with Crippen LogP contribution in [0, 0.1) is 0 Å². The number of ether oxygens (including phenoxy) is 1. The van der Waals surface area contributed by atoms with E-state index < -0.39 is 0 Å². The van der Waals surface area contributed by atoms with Gasteiger partial charge in [-0.3, -0.25) is 0 Å². The van der Waals surface area contributed by atoms with Crippen molar-refractivity contribution in [3.05, 3.63) is 176 Å². The molecular weight excluding hydrogens is 723 g/mol. The molecule has 8 heteroatoms. The standard InChI is InChI=1S/C49H29N5O2S/c1-4-13-30(14-5-1)44-41(55-34-17-8-3-9-18-34)29-50-46(51-44)33-23-25-36-39-27-32(24-26-42(39)57-43(36)28-33)48-52-47(31-15-6-2-7-16-31)53-49(54-48)38-21-12-20-37-35-19-10-11-22-40(35)56-45(37)38/h1-29H. The molecule has 0 amide bonds. The normalized spacial score (nSPS) is 11.5. The topological polar surface area (TPSA) is 86.8 Å². The molecule has 11 aromatic rings. The van der Waals surface area contributed by atoms with E-state index >= 15 is 0 Å². The highest BCUT2D eigenvalue weighted by molar-refractivity contribution is 7.25. The van der Waals surface area contributed by atoms with Crippen molar-refractivity contribution in [2.24, 2.45) is 0 Å². The maximum Gasteiger partial charge on any atom is 0.172 e. The van der Waals surface area contributed by atoms with Crippen LogP contribution in [-0.2, 0) is 0 Å². The highest BCUT2D eigenvalue weighted by atomic mass is 32.1. The fourth-order valence-corrected chi connectivity index (χ4v) is 8.45. The maximum absolute atomic E-state index is 6.41. The summed E-state index contributed by atoms with van der Waals surface area (Å²) in [5.41, 5.74) is 6.81. The number of thiophene rings is 1. The van der Waals surface area contributed by atoms with E-state index in [4.69, 9.17) is 34.1 Å². The summed E-state index contributed by atoms with van der Waals surface area (Å²) < 4.78 is 15.0. The molecule has 0 radical (unpaired) electrons. The first-order chi connectivity index (χ1) is 28.2. The molecule has 11 rings (SSSR count). The van der Waals surface area contributed by atoms with Crippen LogP contribution < -0.4 is 4.74 Å². The monoisotopic (exact) mass is 751 g/mol. The van der Waals surface area contributed by atoms with Gasteiger partial charge in [0.15, 0.2) is 29.0 Å². The number of fused-ring (bicyclic) bond motifs is 6. The van der Waals surface area contributed by atoms with Gasteiger partial charge in [-0.05, 0) is 48.5 Å². The molecular formula is C49H29N5O2S. The van der Waals surface area contributed by atoms with Gasteiger partial charge in [0.25, 0.3) is 0 Å². The number of nitrogens with zero attached hydrogens (tertiary/aromatic N) is 5. The van der Waals surface area contributed by atoms with Crippen LogP contribution in [0.5, 0.6) is 11.5 Å². The predicted molar refractivity (Wildman–Crippen MR) is 229 cm³/mol. The molecule has 0 unspecified atom stereocenters. The second kappa shape index (κ2) is 13.6. The summed E-state index contributed by atoms with van der Waals surface area (Å²) in [6.45, 7) is 0. The lowest BCUT2D eigenvalue weighted by Crippen LogP contribution is -2.00. The zero-order valence-corrected chi connectivity index (χ0v) is 31.0. The second-order valence-electron chi connectivity index (χ2n) is 13.7. The van der Waals surface area contributed by atoms with E-state index in [-0.39, 0.29) is 0 Å². The average Bonchev–Trinajstić information content (AvgIpc) is 3.85. The van der Waals surface area contributed by atoms with Crippen LogP contribution in [0.4, 0.5) is 0 Å². The van der Waals surface area contributed by atoms with Gasteiger partial charge >= 0.3 is 0 Å². The van der Waals surface area contributed by atoms with Crippen molar-refractivity contribution in [3.63, 3.8) is 0 Å². The second-order valence-corrected chi connectivity index (χ2v) is 14.7. The van der Waals surface area contributed by atoms with Crippen LogP contribution in [0.1, 0.15) is 0 Å². The first kappa shape index (κ1) is 32.8. The molecule has 0 aliphatic heterocycles. The Hall–Kier alpha value is -7.55. The maximum atomic E-state index is 6.41. The molecule has 0 saturated heterocycles. The van der Waals surface area contributed by atoms with Gasteiger partial charge in [0.05, 0.1) is 11.8 Å². The molecule has 57 heavy (non-hydrogen) atoms. The summed E-state index contributed by atoms with van der Waals surface area (Å²) in [5.74, 6) is 3.68. The number of furan rings is 1. The molecule has 4 heterocycles. The highest BCUT2D eigenvalue weighted by Gasteiger charge is 2.19. The number of rotatable bonds is 7. The van der Waals surface area contributed by atoms with E-state index in [1.54, 1.807) is 17.5 Å². The third-order valence-corrected chi connectivity index (χ3v) is 11.2. The quantitative estimate of drug-likeness (QED) is 0.160. The molecule has 0 atom stereocenters. The molecule has 0 saturated carbocycles. The molecule has 0 aliphatic rings. The summed E-state index contributed by atoms with van der Waals surface area (Å²) >= 11 is 1.74. The number of hydrogen-bond donors (Lipinski definition) is 0. The Morgan fingerprint density at radius 1 is 0.439 bits per heavy atom. The average molecular weight is 752 g/mol. The molecule has 7 aromatic carbocycles. The predicted octanol–water partition coefficient (Wildman–Crippen LogP) is 13.1. The van der Waals surface area contributed by atoms with Crippen LogP contribution >= 0.6 is 11.3 Å². The lowest BCUT2D eigenvalue weighted by atomic mass is 10.1. The van der Waals surface area contributed by atoms with Gasteiger partial charge in [0.1, 0.15) is 22.6 Å². The number of aromatic nitrogens is 5. The van der Waals surface area contributed by atoms with E-state index in [9.17, 15) is 0 Å². The van der Waals surface area contributed by atoms with Gasteiger partial charge in [-0.2, -0.15) is 0 Å². The molecule has 0 fully saturated rings. The smallest absolute Gasteiger partial charge is 0.172 e. The highest BCUT2D eigenvalue weighted by Crippen LogP contribution is 2.40. The largest absolute Gasteiger partial charge is 0.455 e. The summed E-state index contributed by atoms with van der Waals surface area (Å²) in [7, 11) is 0. The minimum atomic E-state index is 0.554. The zero-order valence-electron chi connectivity index (χ0n) is 30.2. The van der Waals surface area contributed by atoms with Gasteiger partial charge in [0, 0.05) is 53.2 Å². The third-order valence-electron chi connectivity index (χ3n) is 10.1. The minimum Gasteiger partial charge on any atom is -0.455 e. The SMILES string of the molecule is c1ccc(Oc2cnc(-c3ccc4c(c3)sc3ccc(-c5nc(-c6ccccc6)nc(-c6cccc7c6oc6ccccc67)n5)cc34)nc2-c2ccccc2)cc1. The van der Waals surface area contributed by atoms with Crippen molar-refractivity contribution in [3.8, 4) is 68.3 Å². The minimum absolute atomic E-state index is 0.554. The molecule has 4 aromatic heterocycles. The van der Waals surface area contributed by atoms with Gasteiger partial charge < -0.3 is 9.15 Å². The van der Waals surface area contributed by atoms with Gasteiger partial charge in [-0.25, -0.2) is 24.9 Å². The third kappa shape index (κ3) is 5.96. The summed E-state index contributed by atoms with van der Waals surface area (Å²) in [5, 5.41) is 4.34. The Labute approximate surface area is 330 Å². The van der Waals surface area contributed by atoms with E-state index in [2.05, 4.69) is 48.5 Å². The molecule has 0 bridgehead atoms. The Morgan fingerprint density at radius 2 is 1.11 bits per heavy atom. The Balaban J connectivity index is 1.01. The number of hydrogen-bond acceptors (Lipinski definition) is 8. The lowest BCUT2D eigenvalue weighted by molar-refractivity contribution is 0.480. The Kier molecular flexibility index (Phi) is 7.86. The molecule has 0 N–H and O–H groups in total. The summed E-state index contributed by atoms with van der Waals surface area (Å²) in [6, 6.07) is 56.9. The summed E-state index contributed by atoms with van der Waals surface area (Å²) in [6.07, 6.45) is 1.76. The van der Waals surface area contributed by atoms with Crippen molar-refractivity contribution in [2.75, 3.05) is 0 Å². The number of para-hydroxylation sites is 3. The lowest BCUT2D eigenvalue weighted by Gasteiger charge is -2.12. The molecule has 7 nitrogen and oxygen atoms in total. The van der Waals surface area contributed by atoms with E-state index in [1.807, 2.05) is 121 Å². The fourth-order valence-electron chi connectivity index (χ4n) is 7.32. The molecule has 0 aliphatic carbocycles. The van der Waals surface area contributed by atoms with Crippen LogP contribution in [0.2, 0.25) is 0 Å². The summed E-state index contributed by atoms with van der Waals surface area (Å²) in [4.78, 5) is 25.0. The van der Waals surface area contributed by atoms with E-state index in [0.717, 1.165) is 81.4 Å². The molecule has 0 spiro atoms. The first-order valence-electron chi connectivity index (χ1n) is 18.6. The van der Waals surface area contributed by atoms with Gasteiger partial charge in [0.2, 0.25) is 0 Å². The van der Waals surface area contributed by atoms with Gasteiger partial charge in [-0.1, -0.05) is 121 Å². The first-order valence-corrected chi connectivity index (χ1v) is 19.4. The molecule has 268 valence electrons. The van der Waals surface area contributed by atoms with Crippen LogP contribution in [0.15, 0.2) is 180 Å². The van der Waals surface area contributed by atoms with Crippen LogP contribution in [0.3, 0.4) is 0 Å². The number of benzene rings is 7. The van der Waals surface area contributed by atoms with Gasteiger partial charge in [-0.15, -0.1) is 11.3 Å². The van der Waals surface area contributed by atoms with Crippen molar-refractivity contribution < 1.29 is 9.15 Å². The fraction of sp³-hybridized carbons (Fsp3) is 0. The van der Waals surface area contributed by atoms with Crippen molar-refractivity contribution in [2.45, 2.75) is 0 Å². The van der Waals surface area contributed by atoms with Crippen molar-refractivity contribution in [1.82, 2.24) is 24.9 Å². The van der Waals surface area contributed by atoms with Crippen LogP contribution in [0.25, 0.3) is 98.9 Å². The zero-order chi connectivity index (χ0) is 37.7.